The Bertz CT molecular complexity index is 1070. The average Bonchev–Trinajstić information content (AvgIpc) is 2.72. The maximum Gasteiger partial charge on any atom is 0.336 e. The fourth-order valence-corrected chi connectivity index (χ4v) is 3.09. The molecule has 1 heterocycles. The molecule has 2 aromatic carbocycles. The molecule has 1 N–H and O–H groups in total. The molecular weight excluding hydrogens is 374 g/mol. The van der Waals surface area contributed by atoms with Crippen molar-refractivity contribution in [2.75, 3.05) is 14.2 Å². The van der Waals surface area contributed by atoms with Crippen LogP contribution in [0, 0.1) is 0 Å². The monoisotopic (exact) mass is 395 g/mol. The highest BCUT2D eigenvalue weighted by Gasteiger charge is 2.23. The van der Waals surface area contributed by atoms with Gasteiger partial charge < -0.3 is 19.2 Å². The number of carbonyl (C=O) groups is 2. The van der Waals surface area contributed by atoms with Gasteiger partial charge >= 0.3 is 11.6 Å². The third-order valence-corrected chi connectivity index (χ3v) is 4.49. The number of hydrogen-bond acceptors (Lipinski definition) is 6. The van der Waals surface area contributed by atoms with Crippen molar-refractivity contribution in [3.8, 4) is 5.75 Å². The quantitative estimate of drug-likeness (QED) is 0.487. The average molecular weight is 395 g/mol. The van der Waals surface area contributed by atoms with E-state index in [2.05, 4.69) is 5.32 Å². The topological polar surface area (TPSA) is 94.8 Å². The number of ether oxygens (including phenoxy) is 2. The van der Waals surface area contributed by atoms with Gasteiger partial charge in [0.15, 0.2) is 0 Å². The van der Waals surface area contributed by atoms with E-state index in [1.807, 2.05) is 30.3 Å². The fourth-order valence-electron chi connectivity index (χ4n) is 3.09. The van der Waals surface area contributed by atoms with Crippen LogP contribution < -0.4 is 15.7 Å². The van der Waals surface area contributed by atoms with E-state index in [0.29, 0.717) is 22.3 Å². The predicted octanol–water partition coefficient (Wildman–Crippen LogP) is 2.24. The highest BCUT2D eigenvalue weighted by atomic mass is 16.5. The summed E-state index contributed by atoms with van der Waals surface area (Å²) >= 11 is 0. The zero-order chi connectivity index (χ0) is 20.8. The smallest absolute Gasteiger partial charge is 0.336 e. The van der Waals surface area contributed by atoms with Gasteiger partial charge in [0.1, 0.15) is 17.4 Å². The fraction of sp³-hybridized carbons (Fsp3) is 0.227. The molecule has 7 heteroatoms. The van der Waals surface area contributed by atoms with Crippen molar-refractivity contribution in [3.63, 3.8) is 0 Å². The lowest BCUT2D eigenvalue weighted by Crippen LogP contribution is -2.43. The number of fused-ring (bicyclic) bond motifs is 1. The summed E-state index contributed by atoms with van der Waals surface area (Å²) in [7, 11) is 2.76. The molecule has 7 nitrogen and oxygen atoms in total. The van der Waals surface area contributed by atoms with Crippen LogP contribution in [0.5, 0.6) is 5.75 Å². The molecule has 0 saturated heterocycles. The van der Waals surface area contributed by atoms with Gasteiger partial charge in [-0.3, -0.25) is 4.79 Å². The molecule has 0 bridgehead atoms. The Morgan fingerprint density at radius 3 is 2.52 bits per heavy atom. The Balaban J connectivity index is 1.86. The van der Waals surface area contributed by atoms with Crippen molar-refractivity contribution in [2.24, 2.45) is 0 Å². The van der Waals surface area contributed by atoms with Gasteiger partial charge in [-0.15, -0.1) is 0 Å². The normalized spacial score (nSPS) is 11.7. The van der Waals surface area contributed by atoms with E-state index < -0.39 is 17.6 Å². The third-order valence-electron chi connectivity index (χ3n) is 4.49. The van der Waals surface area contributed by atoms with E-state index in [4.69, 9.17) is 13.9 Å². The molecule has 1 amide bonds. The van der Waals surface area contributed by atoms with Crippen LogP contribution in [-0.2, 0) is 27.2 Å². The van der Waals surface area contributed by atoms with Gasteiger partial charge in [-0.1, -0.05) is 30.3 Å². The Hall–Kier alpha value is -3.61. The van der Waals surface area contributed by atoms with Crippen LogP contribution in [0.15, 0.2) is 63.8 Å². The Kier molecular flexibility index (Phi) is 6.29. The lowest BCUT2D eigenvalue weighted by Gasteiger charge is -2.17. The summed E-state index contributed by atoms with van der Waals surface area (Å²) in [5.74, 6) is -0.375. The highest BCUT2D eigenvalue weighted by Crippen LogP contribution is 2.23. The van der Waals surface area contributed by atoms with E-state index in [9.17, 15) is 14.4 Å². The lowest BCUT2D eigenvalue weighted by atomic mass is 10.0. The first kappa shape index (κ1) is 20.1. The largest absolute Gasteiger partial charge is 0.497 e. The molecule has 1 aromatic heterocycles. The summed E-state index contributed by atoms with van der Waals surface area (Å²) in [5.41, 5.74) is 1.17. The van der Waals surface area contributed by atoms with Gasteiger partial charge in [0.2, 0.25) is 5.91 Å². The molecule has 0 spiro atoms. The van der Waals surface area contributed by atoms with Crippen LogP contribution in [0.2, 0.25) is 0 Å². The van der Waals surface area contributed by atoms with Crippen LogP contribution >= 0.6 is 0 Å². The lowest BCUT2D eigenvalue weighted by molar-refractivity contribution is -0.145. The molecular formula is C22H21NO6. The second-order valence-electron chi connectivity index (χ2n) is 6.46. The maximum atomic E-state index is 12.4. The van der Waals surface area contributed by atoms with Gasteiger partial charge in [0.25, 0.3) is 0 Å². The first-order valence-corrected chi connectivity index (χ1v) is 9.02. The van der Waals surface area contributed by atoms with E-state index in [0.717, 1.165) is 5.56 Å². The first-order chi connectivity index (χ1) is 14.0. The molecule has 150 valence electrons. The van der Waals surface area contributed by atoms with E-state index in [1.54, 1.807) is 18.2 Å². The molecule has 3 rings (SSSR count). The molecule has 0 saturated carbocycles. The number of rotatable bonds is 7. The van der Waals surface area contributed by atoms with Crippen LogP contribution in [0.3, 0.4) is 0 Å². The SMILES string of the molecule is COC(=O)[C@H](Cc1cc(=O)oc2cc(OC)ccc12)NC(=O)Cc1ccccc1. The molecule has 0 aliphatic carbocycles. The summed E-state index contributed by atoms with van der Waals surface area (Å²) in [4.78, 5) is 36.7. The zero-order valence-electron chi connectivity index (χ0n) is 16.1. The predicted molar refractivity (Wildman–Crippen MR) is 107 cm³/mol. The van der Waals surface area contributed by atoms with E-state index in [1.165, 1.54) is 20.3 Å². The minimum atomic E-state index is -0.941. The molecule has 0 aliphatic heterocycles. The van der Waals surface area contributed by atoms with Crippen LogP contribution in [0.4, 0.5) is 0 Å². The molecule has 0 radical (unpaired) electrons. The zero-order valence-corrected chi connectivity index (χ0v) is 16.1. The Labute approximate surface area is 167 Å². The van der Waals surface area contributed by atoms with E-state index >= 15 is 0 Å². The summed E-state index contributed by atoms with van der Waals surface area (Å²) < 4.78 is 15.2. The van der Waals surface area contributed by atoms with Gasteiger partial charge in [0, 0.05) is 23.9 Å². The van der Waals surface area contributed by atoms with Gasteiger partial charge in [-0.25, -0.2) is 9.59 Å². The summed E-state index contributed by atoms with van der Waals surface area (Å²) in [6.07, 6.45) is 0.213. The van der Waals surface area contributed by atoms with Crippen molar-refractivity contribution in [1.29, 1.82) is 0 Å². The Morgan fingerprint density at radius 2 is 1.83 bits per heavy atom. The number of amides is 1. The number of esters is 1. The maximum absolute atomic E-state index is 12.4. The second-order valence-corrected chi connectivity index (χ2v) is 6.46. The summed E-state index contributed by atoms with van der Waals surface area (Å²) in [5, 5.41) is 3.35. The highest BCUT2D eigenvalue weighted by molar-refractivity contribution is 5.87. The third kappa shape index (κ3) is 5.01. The van der Waals surface area contributed by atoms with Crippen LogP contribution in [-0.4, -0.2) is 32.1 Å². The van der Waals surface area contributed by atoms with Gasteiger partial charge in [-0.2, -0.15) is 0 Å². The van der Waals surface area contributed by atoms with Crippen LogP contribution in [0.25, 0.3) is 11.0 Å². The number of nitrogens with one attached hydrogen (secondary N) is 1. The van der Waals surface area contributed by atoms with Crippen molar-refractivity contribution >= 4 is 22.8 Å². The number of methoxy groups -OCH3 is 2. The first-order valence-electron chi connectivity index (χ1n) is 9.02. The minimum absolute atomic E-state index is 0.0850. The van der Waals surface area contributed by atoms with Crippen LogP contribution in [0.1, 0.15) is 11.1 Å². The van der Waals surface area contributed by atoms with Gasteiger partial charge in [-0.05, 0) is 23.3 Å². The molecule has 0 fully saturated rings. The molecule has 29 heavy (non-hydrogen) atoms. The summed E-state index contributed by atoms with van der Waals surface area (Å²) in [6.45, 7) is 0. The van der Waals surface area contributed by atoms with E-state index in [-0.39, 0.29) is 18.7 Å². The van der Waals surface area contributed by atoms with Gasteiger partial charge in [0.05, 0.1) is 20.6 Å². The number of carbonyl (C=O) groups excluding carboxylic acids is 2. The van der Waals surface area contributed by atoms with Crippen molar-refractivity contribution in [2.45, 2.75) is 18.9 Å². The Morgan fingerprint density at radius 1 is 1.07 bits per heavy atom. The second kappa shape index (κ2) is 9.05. The standard InChI is InChI=1S/C22H21NO6/c1-27-16-8-9-17-15(12-21(25)29-19(17)13-16)11-18(22(26)28-2)23-20(24)10-14-6-4-3-5-7-14/h3-9,12-13,18H,10-11H2,1-2H3,(H,23,24)/t18-/m0/s1. The molecule has 0 aliphatic rings. The minimum Gasteiger partial charge on any atom is -0.497 e. The molecule has 1 atom stereocenters. The summed E-state index contributed by atoms with van der Waals surface area (Å²) in [6, 6.07) is 14.6. The number of hydrogen-bond donors (Lipinski definition) is 1. The molecule has 3 aromatic rings. The van der Waals surface area contributed by atoms with Crippen molar-refractivity contribution < 1.29 is 23.5 Å². The van der Waals surface area contributed by atoms with Crippen molar-refractivity contribution in [3.05, 3.63) is 76.1 Å². The molecule has 0 unspecified atom stereocenters. The van der Waals surface area contributed by atoms with Crippen molar-refractivity contribution in [1.82, 2.24) is 5.32 Å². The number of benzene rings is 2.